The monoisotopic (exact) mass is 454 g/mol. The van der Waals surface area contributed by atoms with Gasteiger partial charge < -0.3 is 42.1 Å². The van der Waals surface area contributed by atoms with E-state index in [9.17, 15) is 39.3 Å². The molecule has 0 saturated heterocycles. The number of hydrogen-bond donors (Lipinski definition) is 8. The number of aliphatic hydroxyl groups is 1. The summed E-state index contributed by atoms with van der Waals surface area (Å²) < 4.78 is 0. The molecule has 1 aromatic rings. The zero-order valence-corrected chi connectivity index (χ0v) is 17.1. The van der Waals surface area contributed by atoms with E-state index in [-0.39, 0.29) is 12.2 Å². The third-order valence-electron chi connectivity index (χ3n) is 4.27. The summed E-state index contributed by atoms with van der Waals surface area (Å²) in [5.41, 5.74) is 5.97. The van der Waals surface area contributed by atoms with Gasteiger partial charge >= 0.3 is 11.9 Å². The summed E-state index contributed by atoms with van der Waals surface area (Å²) in [6.45, 7) is 0.546. The van der Waals surface area contributed by atoms with Crippen LogP contribution < -0.4 is 21.7 Å². The molecule has 32 heavy (non-hydrogen) atoms. The Bertz CT molecular complexity index is 842. The molecule has 4 unspecified atom stereocenters. The van der Waals surface area contributed by atoms with Crippen molar-refractivity contribution in [1.29, 1.82) is 0 Å². The van der Waals surface area contributed by atoms with Crippen LogP contribution in [0.1, 0.15) is 18.9 Å². The summed E-state index contributed by atoms with van der Waals surface area (Å²) in [5, 5.41) is 43.3. The Morgan fingerprint density at radius 1 is 0.969 bits per heavy atom. The van der Waals surface area contributed by atoms with Crippen LogP contribution in [0.3, 0.4) is 0 Å². The molecule has 0 spiro atoms. The van der Waals surface area contributed by atoms with Gasteiger partial charge in [0.2, 0.25) is 17.7 Å². The number of rotatable bonds is 12. The van der Waals surface area contributed by atoms with Crippen molar-refractivity contribution in [3.63, 3.8) is 0 Å². The van der Waals surface area contributed by atoms with E-state index in [2.05, 4.69) is 16.0 Å². The fourth-order valence-electron chi connectivity index (χ4n) is 2.47. The lowest BCUT2D eigenvalue weighted by Crippen LogP contribution is -2.56. The number of nitrogens with one attached hydrogen (secondary N) is 3. The highest BCUT2D eigenvalue weighted by Gasteiger charge is 2.28. The van der Waals surface area contributed by atoms with Gasteiger partial charge in [0.25, 0.3) is 0 Å². The maximum absolute atomic E-state index is 12.2. The highest BCUT2D eigenvalue weighted by molar-refractivity contribution is 5.94. The molecule has 176 valence electrons. The van der Waals surface area contributed by atoms with E-state index in [1.54, 1.807) is 0 Å². The number of aliphatic carboxylic acids is 2. The molecule has 13 heteroatoms. The van der Waals surface area contributed by atoms with Crippen molar-refractivity contribution in [3.05, 3.63) is 29.8 Å². The van der Waals surface area contributed by atoms with Gasteiger partial charge in [0, 0.05) is 6.42 Å². The number of amides is 3. The Morgan fingerprint density at radius 2 is 1.56 bits per heavy atom. The molecule has 1 rings (SSSR count). The van der Waals surface area contributed by atoms with Gasteiger partial charge in [-0.2, -0.15) is 0 Å². The van der Waals surface area contributed by atoms with Crippen LogP contribution in [0.2, 0.25) is 0 Å². The van der Waals surface area contributed by atoms with Crippen molar-refractivity contribution >= 4 is 29.7 Å². The number of carbonyl (C=O) groups excluding carboxylic acids is 3. The molecule has 9 N–H and O–H groups in total. The number of aliphatic hydroxyl groups excluding tert-OH is 1. The maximum atomic E-state index is 12.2. The Morgan fingerprint density at radius 3 is 2.06 bits per heavy atom. The number of carboxylic acids is 2. The van der Waals surface area contributed by atoms with Gasteiger partial charge in [-0.05, 0) is 24.6 Å². The molecule has 0 bridgehead atoms. The minimum atomic E-state index is -1.58. The third kappa shape index (κ3) is 8.97. The molecule has 0 saturated carbocycles. The average molecular weight is 454 g/mol. The molecule has 13 nitrogen and oxygen atoms in total. The Hall–Kier alpha value is -3.71. The van der Waals surface area contributed by atoms with Crippen LogP contribution >= 0.6 is 0 Å². The number of carboxylic acid groups (broad SMARTS) is 2. The number of nitrogens with two attached hydrogens (primary N) is 1. The van der Waals surface area contributed by atoms with Gasteiger partial charge in [0.15, 0.2) is 0 Å². The predicted molar refractivity (Wildman–Crippen MR) is 108 cm³/mol. The van der Waals surface area contributed by atoms with Gasteiger partial charge in [0.05, 0.1) is 19.1 Å². The second kappa shape index (κ2) is 12.2. The topological polar surface area (TPSA) is 228 Å². The van der Waals surface area contributed by atoms with Crippen molar-refractivity contribution in [2.45, 2.75) is 44.0 Å². The summed E-state index contributed by atoms with van der Waals surface area (Å²) in [5.74, 6) is -5.61. The molecule has 4 atom stereocenters. The summed E-state index contributed by atoms with van der Waals surface area (Å²) in [4.78, 5) is 58.6. The molecule has 0 aliphatic carbocycles. The Labute approximate surface area is 182 Å². The minimum absolute atomic E-state index is 0.00946. The first kappa shape index (κ1) is 26.3. The molecule has 0 radical (unpaired) electrons. The van der Waals surface area contributed by atoms with Gasteiger partial charge in [-0.3, -0.25) is 19.2 Å². The van der Waals surface area contributed by atoms with Crippen LogP contribution in [0.5, 0.6) is 5.75 Å². The lowest BCUT2D eigenvalue weighted by atomic mass is 10.1. The van der Waals surface area contributed by atoms with E-state index < -0.39 is 66.9 Å². The number of hydrogen-bond acceptors (Lipinski definition) is 8. The van der Waals surface area contributed by atoms with E-state index >= 15 is 0 Å². The van der Waals surface area contributed by atoms with Crippen molar-refractivity contribution < 1.29 is 44.4 Å². The smallest absolute Gasteiger partial charge is 0.326 e. The van der Waals surface area contributed by atoms with E-state index in [0.717, 1.165) is 0 Å². The zero-order chi connectivity index (χ0) is 24.4. The van der Waals surface area contributed by atoms with Gasteiger partial charge in [0.1, 0.15) is 23.9 Å². The highest BCUT2D eigenvalue weighted by Crippen LogP contribution is 2.11. The van der Waals surface area contributed by atoms with Crippen LogP contribution in [0.25, 0.3) is 0 Å². The van der Waals surface area contributed by atoms with Gasteiger partial charge in [-0.25, -0.2) is 4.79 Å². The summed E-state index contributed by atoms with van der Waals surface area (Å²) in [6.07, 6.45) is -2.16. The highest BCUT2D eigenvalue weighted by atomic mass is 16.4. The number of benzene rings is 1. The molecule has 0 aliphatic heterocycles. The average Bonchev–Trinajstić information content (AvgIpc) is 2.71. The summed E-state index contributed by atoms with van der Waals surface area (Å²) >= 11 is 0. The van der Waals surface area contributed by atoms with Gasteiger partial charge in [-0.15, -0.1) is 0 Å². The number of phenols is 1. The van der Waals surface area contributed by atoms with Crippen molar-refractivity contribution in [3.8, 4) is 5.75 Å². The van der Waals surface area contributed by atoms with E-state index in [0.29, 0.717) is 5.56 Å². The second-order valence-electron chi connectivity index (χ2n) is 6.97. The van der Waals surface area contributed by atoms with Crippen LogP contribution in [0.4, 0.5) is 0 Å². The lowest BCUT2D eigenvalue weighted by molar-refractivity contribution is -0.142. The number of carbonyl (C=O) groups is 5. The van der Waals surface area contributed by atoms with Gasteiger partial charge in [-0.1, -0.05) is 12.1 Å². The van der Waals surface area contributed by atoms with E-state index in [1.165, 1.54) is 31.2 Å². The minimum Gasteiger partial charge on any atom is -0.508 e. The lowest BCUT2D eigenvalue weighted by Gasteiger charge is -2.21. The standard InChI is InChI=1S/C19H26N4O9/c1-9(24)16(20)18(30)23-12(7-15(27)28)17(29)21-8-14(26)22-13(19(31)32)6-10-2-4-11(25)5-3-10/h2-5,9,12-13,16,24-25H,6-8,20H2,1H3,(H,21,29)(H,22,26)(H,23,30)(H,27,28)(H,31,32). The normalized spacial score (nSPS) is 14.3. The Kier molecular flexibility index (Phi) is 10.1. The first-order valence-corrected chi connectivity index (χ1v) is 9.44. The molecular formula is C19H26N4O9. The fraction of sp³-hybridized carbons (Fsp3) is 0.421. The largest absolute Gasteiger partial charge is 0.508 e. The third-order valence-corrected chi connectivity index (χ3v) is 4.27. The van der Waals surface area contributed by atoms with Crippen LogP contribution in [0.15, 0.2) is 24.3 Å². The first-order chi connectivity index (χ1) is 14.9. The maximum Gasteiger partial charge on any atom is 0.326 e. The first-order valence-electron chi connectivity index (χ1n) is 9.44. The van der Waals surface area contributed by atoms with Crippen LogP contribution in [0, 0.1) is 0 Å². The molecule has 1 aromatic carbocycles. The quantitative estimate of drug-likeness (QED) is 0.163. The molecule has 0 heterocycles. The second-order valence-corrected chi connectivity index (χ2v) is 6.97. The summed E-state index contributed by atoms with van der Waals surface area (Å²) in [7, 11) is 0. The molecular weight excluding hydrogens is 428 g/mol. The van der Waals surface area contributed by atoms with Crippen LogP contribution in [-0.2, 0) is 30.4 Å². The fourth-order valence-corrected chi connectivity index (χ4v) is 2.47. The van der Waals surface area contributed by atoms with Crippen molar-refractivity contribution in [2.24, 2.45) is 5.73 Å². The van der Waals surface area contributed by atoms with E-state index in [1.807, 2.05) is 0 Å². The zero-order valence-electron chi connectivity index (χ0n) is 17.1. The van der Waals surface area contributed by atoms with Crippen molar-refractivity contribution in [1.82, 2.24) is 16.0 Å². The molecule has 3 amide bonds. The van der Waals surface area contributed by atoms with Crippen molar-refractivity contribution in [2.75, 3.05) is 6.54 Å². The van der Waals surface area contributed by atoms with Crippen LogP contribution in [-0.4, -0.2) is 80.9 Å². The molecule has 0 aromatic heterocycles. The molecule has 0 aliphatic rings. The number of aromatic hydroxyl groups is 1. The SMILES string of the molecule is CC(O)C(N)C(=O)NC(CC(=O)O)C(=O)NCC(=O)NC(Cc1ccc(O)cc1)C(=O)O. The molecule has 0 fully saturated rings. The number of phenolic OH excluding ortho intramolecular Hbond substituents is 1. The predicted octanol–water partition coefficient (Wildman–Crippen LogP) is -2.71. The van der Waals surface area contributed by atoms with E-state index in [4.69, 9.17) is 10.8 Å². The Balaban J connectivity index is 2.69. The summed E-state index contributed by atoms with van der Waals surface area (Å²) in [6, 6.07) is 1.37.